The van der Waals surface area contributed by atoms with E-state index in [9.17, 15) is 18.4 Å². The summed E-state index contributed by atoms with van der Waals surface area (Å²) in [6.07, 6.45) is 2.56. The zero-order chi connectivity index (χ0) is 13.7. The summed E-state index contributed by atoms with van der Waals surface area (Å²) in [5.41, 5.74) is 0.796. The highest BCUT2D eigenvalue weighted by Crippen LogP contribution is 2.25. The number of hydrogen-bond acceptors (Lipinski definition) is 3. The van der Waals surface area contributed by atoms with Gasteiger partial charge >= 0.3 is 12.6 Å². The lowest BCUT2D eigenvalue weighted by atomic mass is 10.0. The first-order chi connectivity index (χ1) is 8.45. The molecule has 0 aliphatic carbocycles. The molecule has 18 heavy (non-hydrogen) atoms. The van der Waals surface area contributed by atoms with Gasteiger partial charge in [0.2, 0.25) is 0 Å². The Morgan fingerprint density at radius 2 is 2.11 bits per heavy atom. The van der Waals surface area contributed by atoms with Crippen LogP contribution >= 0.6 is 0 Å². The molecule has 1 rings (SSSR count). The van der Waals surface area contributed by atoms with E-state index < -0.39 is 12.6 Å². The van der Waals surface area contributed by atoms with Crippen LogP contribution in [-0.2, 0) is 4.79 Å². The number of aldehydes is 1. The number of aliphatic carboxylic acids is 1. The zero-order valence-electron chi connectivity index (χ0n) is 9.39. The van der Waals surface area contributed by atoms with E-state index in [0.717, 1.165) is 6.08 Å². The maximum absolute atomic E-state index is 12.1. The minimum absolute atomic E-state index is 0.0251. The largest absolute Gasteiger partial charge is 0.478 e. The van der Waals surface area contributed by atoms with Gasteiger partial charge in [-0.1, -0.05) is 6.07 Å². The number of ether oxygens (including phenoxy) is 1. The van der Waals surface area contributed by atoms with Gasteiger partial charge in [0.15, 0.2) is 6.29 Å². The molecule has 6 heteroatoms. The minimum Gasteiger partial charge on any atom is -0.478 e. The van der Waals surface area contributed by atoms with Crippen molar-refractivity contribution in [3.63, 3.8) is 0 Å². The standard InChI is InChI=1S/C12H10F2O4/c1-7-8(3-5-11(16)17)2-4-10(9(7)6-15)18-12(13)14/h2-6,12H,1H3,(H,16,17)/b5-3+. The Balaban J connectivity index is 3.19. The van der Waals surface area contributed by atoms with Crippen LogP contribution in [0.2, 0.25) is 0 Å². The Labute approximate surface area is 101 Å². The fourth-order valence-corrected chi connectivity index (χ4v) is 1.41. The topological polar surface area (TPSA) is 63.6 Å². The van der Waals surface area contributed by atoms with Crippen molar-refractivity contribution in [2.75, 3.05) is 0 Å². The molecule has 4 nitrogen and oxygen atoms in total. The molecule has 0 saturated carbocycles. The lowest BCUT2D eigenvalue weighted by Gasteiger charge is -2.11. The Morgan fingerprint density at radius 1 is 1.44 bits per heavy atom. The summed E-state index contributed by atoms with van der Waals surface area (Å²) in [6.45, 7) is -1.51. The van der Waals surface area contributed by atoms with E-state index in [1.165, 1.54) is 25.1 Å². The fourth-order valence-electron chi connectivity index (χ4n) is 1.41. The molecule has 1 N–H and O–H groups in total. The van der Waals surface area contributed by atoms with Gasteiger partial charge < -0.3 is 9.84 Å². The lowest BCUT2D eigenvalue weighted by molar-refractivity contribution is -0.131. The van der Waals surface area contributed by atoms with Gasteiger partial charge in [0.25, 0.3) is 0 Å². The number of rotatable bonds is 5. The Kier molecular flexibility index (Phi) is 4.53. The number of benzene rings is 1. The van der Waals surface area contributed by atoms with Crippen molar-refractivity contribution >= 4 is 18.3 Å². The van der Waals surface area contributed by atoms with Crippen LogP contribution in [0.5, 0.6) is 5.75 Å². The molecule has 0 aliphatic heterocycles. The summed E-state index contributed by atoms with van der Waals surface area (Å²) in [5.74, 6) is -1.38. The molecule has 0 amide bonds. The van der Waals surface area contributed by atoms with Gasteiger partial charge in [-0.15, -0.1) is 0 Å². The molecule has 0 atom stereocenters. The molecule has 1 aromatic carbocycles. The molecular formula is C12H10F2O4. The normalized spacial score (nSPS) is 10.9. The second kappa shape index (κ2) is 5.90. The Hall–Kier alpha value is -2.24. The van der Waals surface area contributed by atoms with Gasteiger partial charge in [0.05, 0.1) is 5.56 Å². The first-order valence-corrected chi connectivity index (χ1v) is 4.90. The van der Waals surface area contributed by atoms with Crippen molar-refractivity contribution in [2.24, 2.45) is 0 Å². The molecule has 0 aliphatic rings. The van der Waals surface area contributed by atoms with Crippen molar-refractivity contribution in [2.45, 2.75) is 13.5 Å². The maximum Gasteiger partial charge on any atom is 0.387 e. The third-order valence-electron chi connectivity index (χ3n) is 2.26. The van der Waals surface area contributed by atoms with Crippen LogP contribution < -0.4 is 4.74 Å². The third-order valence-corrected chi connectivity index (χ3v) is 2.26. The maximum atomic E-state index is 12.1. The van der Waals surface area contributed by atoms with Gasteiger partial charge in [-0.05, 0) is 30.2 Å². The van der Waals surface area contributed by atoms with Crippen molar-refractivity contribution < 1.29 is 28.2 Å². The summed E-state index contributed by atoms with van der Waals surface area (Å²) in [4.78, 5) is 21.2. The van der Waals surface area contributed by atoms with Gasteiger partial charge in [-0.25, -0.2) is 4.79 Å². The number of carboxylic acids is 1. The number of carbonyl (C=O) groups excluding carboxylic acids is 1. The predicted octanol–water partition coefficient (Wildman–Crippen LogP) is 2.51. The summed E-state index contributed by atoms with van der Waals surface area (Å²) in [5, 5.41) is 8.49. The lowest BCUT2D eigenvalue weighted by Crippen LogP contribution is -2.05. The van der Waals surface area contributed by atoms with E-state index in [1.54, 1.807) is 0 Å². The van der Waals surface area contributed by atoms with E-state index in [-0.39, 0.29) is 11.3 Å². The fraction of sp³-hybridized carbons (Fsp3) is 0.167. The molecular weight excluding hydrogens is 246 g/mol. The number of carboxylic acid groups (broad SMARTS) is 1. The third kappa shape index (κ3) is 3.38. The highest BCUT2D eigenvalue weighted by Gasteiger charge is 2.13. The second-order valence-corrected chi connectivity index (χ2v) is 3.36. The monoisotopic (exact) mass is 256 g/mol. The summed E-state index contributed by atoms with van der Waals surface area (Å²) in [7, 11) is 0. The number of hydrogen-bond donors (Lipinski definition) is 1. The van der Waals surface area contributed by atoms with Crippen molar-refractivity contribution in [1.82, 2.24) is 0 Å². The molecule has 0 radical (unpaired) electrons. The van der Waals surface area contributed by atoms with Crippen LogP contribution in [0.4, 0.5) is 8.78 Å². The van der Waals surface area contributed by atoms with E-state index in [0.29, 0.717) is 17.4 Å². The smallest absolute Gasteiger partial charge is 0.387 e. The van der Waals surface area contributed by atoms with Crippen LogP contribution in [-0.4, -0.2) is 24.0 Å². The summed E-state index contributed by atoms with van der Waals surface area (Å²) >= 11 is 0. The second-order valence-electron chi connectivity index (χ2n) is 3.36. The average molecular weight is 256 g/mol. The van der Waals surface area contributed by atoms with Gasteiger partial charge in [-0.2, -0.15) is 8.78 Å². The molecule has 0 spiro atoms. The van der Waals surface area contributed by atoms with Crippen molar-refractivity contribution in [3.8, 4) is 5.75 Å². The van der Waals surface area contributed by atoms with E-state index >= 15 is 0 Å². The summed E-state index contributed by atoms with van der Waals surface area (Å²) in [6, 6.07) is 2.60. The van der Waals surface area contributed by atoms with E-state index in [4.69, 9.17) is 5.11 Å². The van der Waals surface area contributed by atoms with E-state index in [2.05, 4.69) is 4.74 Å². The molecule has 0 heterocycles. The number of carbonyl (C=O) groups is 2. The highest BCUT2D eigenvalue weighted by molar-refractivity contribution is 5.88. The predicted molar refractivity (Wildman–Crippen MR) is 59.9 cm³/mol. The Morgan fingerprint density at radius 3 is 2.61 bits per heavy atom. The molecule has 0 bridgehead atoms. The molecule has 96 valence electrons. The quantitative estimate of drug-likeness (QED) is 0.649. The Bertz CT molecular complexity index is 495. The van der Waals surface area contributed by atoms with Crippen molar-refractivity contribution in [3.05, 3.63) is 34.9 Å². The number of halogens is 2. The highest BCUT2D eigenvalue weighted by atomic mass is 19.3. The molecule has 1 aromatic rings. The van der Waals surface area contributed by atoms with Crippen LogP contribution in [0.1, 0.15) is 21.5 Å². The molecule has 0 saturated heterocycles. The molecule has 0 fully saturated rings. The van der Waals surface area contributed by atoms with Gasteiger partial charge in [0.1, 0.15) is 5.75 Å². The van der Waals surface area contributed by atoms with Crippen LogP contribution in [0.25, 0.3) is 6.08 Å². The molecule has 0 unspecified atom stereocenters. The van der Waals surface area contributed by atoms with Crippen molar-refractivity contribution in [1.29, 1.82) is 0 Å². The van der Waals surface area contributed by atoms with Crippen LogP contribution in [0.15, 0.2) is 18.2 Å². The zero-order valence-corrected chi connectivity index (χ0v) is 9.39. The minimum atomic E-state index is -3.02. The van der Waals surface area contributed by atoms with Crippen LogP contribution in [0, 0.1) is 6.92 Å². The first kappa shape index (κ1) is 13.8. The SMILES string of the molecule is Cc1c(/C=C/C(=O)O)ccc(OC(F)F)c1C=O. The van der Waals surface area contributed by atoms with Gasteiger partial charge in [-0.3, -0.25) is 4.79 Å². The molecule has 0 aromatic heterocycles. The van der Waals surface area contributed by atoms with Gasteiger partial charge in [0, 0.05) is 6.08 Å². The van der Waals surface area contributed by atoms with E-state index in [1.807, 2.05) is 0 Å². The number of alkyl halides is 2. The average Bonchev–Trinajstić information content (AvgIpc) is 2.27. The first-order valence-electron chi connectivity index (χ1n) is 4.90. The van der Waals surface area contributed by atoms with Crippen LogP contribution in [0.3, 0.4) is 0 Å². The summed E-state index contributed by atoms with van der Waals surface area (Å²) < 4.78 is 28.4.